The van der Waals surface area contributed by atoms with Crippen LogP contribution < -0.4 is 0 Å². The third kappa shape index (κ3) is 2.25. The summed E-state index contributed by atoms with van der Waals surface area (Å²) < 4.78 is 0. The van der Waals surface area contributed by atoms with E-state index in [0.717, 1.165) is 0 Å². The molecule has 0 fully saturated rings. The topological polar surface area (TPSA) is 88.1 Å². The molecule has 0 saturated carbocycles. The number of rotatable bonds is 3. The van der Waals surface area contributed by atoms with E-state index in [-0.39, 0.29) is 17.5 Å². The third-order valence-corrected chi connectivity index (χ3v) is 3.95. The normalized spacial score (nSPS) is 14.9. The van der Waals surface area contributed by atoms with E-state index < -0.39 is 5.92 Å². The minimum Gasteiger partial charge on any atom is -0.293 e. The number of benzene rings is 2. The highest BCUT2D eigenvalue weighted by molar-refractivity contribution is 6.39. The molecule has 0 saturated heterocycles. The van der Waals surface area contributed by atoms with Crippen molar-refractivity contribution in [1.29, 1.82) is 0 Å². The zero-order chi connectivity index (χ0) is 16.5. The number of Topliss-reactive ketones (excluding diaryl/α,β-unsaturated/α-hetero) is 2. The van der Waals surface area contributed by atoms with Crippen LogP contribution in [0, 0.1) is 5.92 Å². The van der Waals surface area contributed by atoms with Crippen molar-refractivity contribution in [3.05, 3.63) is 77.6 Å². The van der Waals surface area contributed by atoms with Crippen LogP contribution in [-0.2, 0) is 0 Å². The van der Waals surface area contributed by atoms with Gasteiger partial charge in [-0.05, 0) is 5.56 Å². The number of fused-ring (bicyclic) bond motifs is 1. The Morgan fingerprint density at radius 3 is 2.12 bits per heavy atom. The van der Waals surface area contributed by atoms with Crippen LogP contribution in [0.1, 0.15) is 26.3 Å². The SMILES string of the molecule is O=C1c2ccccc2C(=O)C1C(=Nc1ncn[nH]1)c1ccccc1. The van der Waals surface area contributed by atoms with Crippen molar-refractivity contribution >= 4 is 23.2 Å². The van der Waals surface area contributed by atoms with Crippen molar-refractivity contribution in [3.8, 4) is 0 Å². The van der Waals surface area contributed by atoms with Gasteiger partial charge in [-0.3, -0.25) is 9.59 Å². The van der Waals surface area contributed by atoms with Crippen molar-refractivity contribution in [2.45, 2.75) is 0 Å². The number of hydrogen-bond acceptors (Lipinski definition) is 5. The lowest BCUT2D eigenvalue weighted by molar-refractivity contribution is 0.0884. The Labute approximate surface area is 137 Å². The van der Waals surface area contributed by atoms with Crippen LogP contribution >= 0.6 is 0 Å². The van der Waals surface area contributed by atoms with E-state index in [1.54, 1.807) is 24.3 Å². The molecule has 24 heavy (non-hydrogen) atoms. The second-order valence-corrected chi connectivity index (χ2v) is 5.38. The Hall–Kier alpha value is -3.41. The standard InChI is InChI=1S/C18H12N4O2/c23-16-12-8-4-5-9-13(12)17(24)14(16)15(11-6-2-1-3-7-11)21-18-19-10-20-22-18/h1-10,14H,(H,19,20,22). The lowest BCUT2D eigenvalue weighted by atomic mass is 9.92. The quantitative estimate of drug-likeness (QED) is 0.594. The molecule has 2 aromatic carbocycles. The molecule has 4 rings (SSSR count). The Bertz CT molecular complexity index is 911. The zero-order valence-electron chi connectivity index (χ0n) is 12.5. The zero-order valence-corrected chi connectivity index (χ0v) is 12.5. The Kier molecular flexibility index (Phi) is 3.35. The lowest BCUT2D eigenvalue weighted by Gasteiger charge is -2.11. The molecule has 0 unspecified atom stereocenters. The Morgan fingerprint density at radius 1 is 0.917 bits per heavy atom. The van der Waals surface area contributed by atoms with Crippen LogP contribution in [0.2, 0.25) is 0 Å². The van der Waals surface area contributed by atoms with Gasteiger partial charge in [-0.25, -0.2) is 10.1 Å². The second kappa shape index (κ2) is 5.66. The van der Waals surface area contributed by atoms with Crippen LogP contribution in [0.3, 0.4) is 0 Å². The first kappa shape index (κ1) is 14.2. The Balaban J connectivity index is 1.87. The number of hydrogen-bond donors (Lipinski definition) is 1. The van der Waals surface area contributed by atoms with Gasteiger partial charge in [0.05, 0.1) is 5.71 Å². The lowest BCUT2D eigenvalue weighted by Crippen LogP contribution is -2.26. The summed E-state index contributed by atoms with van der Waals surface area (Å²) >= 11 is 0. The van der Waals surface area contributed by atoms with Gasteiger partial charge in [-0.1, -0.05) is 54.6 Å². The number of carbonyl (C=O) groups excluding carboxylic acids is 2. The highest BCUT2D eigenvalue weighted by atomic mass is 16.2. The van der Waals surface area contributed by atoms with E-state index in [0.29, 0.717) is 22.4 Å². The molecule has 0 radical (unpaired) electrons. The average molecular weight is 316 g/mol. The van der Waals surface area contributed by atoms with Crippen LogP contribution in [0.15, 0.2) is 65.9 Å². The predicted octanol–water partition coefficient (Wildman–Crippen LogP) is 2.62. The Morgan fingerprint density at radius 2 is 1.54 bits per heavy atom. The number of aromatic amines is 1. The van der Waals surface area contributed by atoms with Gasteiger partial charge in [0, 0.05) is 11.1 Å². The highest BCUT2D eigenvalue weighted by Crippen LogP contribution is 2.30. The minimum absolute atomic E-state index is 0.238. The van der Waals surface area contributed by atoms with E-state index >= 15 is 0 Å². The second-order valence-electron chi connectivity index (χ2n) is 5.38. The maximum absolute atomic E-state index is 12.8. The minimum atomic E-state index is -0.963. The molecular formula is C18H12N4O2. The van der Waals surface area contributed by atoms with Crippen molar-refractivity contribution in [3.63, 3.8) is 0 Å². The van der Waals surface area contributed by atoms with Gasteiger partial charge in [0.25, 0.3) is 0 Å². The molecule has 0 bridgehead atoms. The first-order valence-corrected chi connectivity index (χ1v) is 7.42. The number of nitrogens with one attached hydrogen (secondary N) is 1. The molecule has 116 valence electrons. The maximum atomic E-state index is 12.8. The largest absolute Gasteiger partial charge is 0.293 e. The average Bonchev–Trinajstić information content (AvgIpc) is 3.22. The number of ketones is 2. The summed E-state index contributed by atoms with van der Waals surface area (Å²) in [6.07, 6.45) is 1.33. The van der Waals surface area contributed by atoms with E-state index in [9.17, 15) is 9.59 Å². The highest BCUT2D eigenvalue weighted by Gasteiger charge is 2.42. The summed E-state index contributed by atoms with van der Waals surface area (Å²) in [5, 5.41) is 6.40. The van der Waals surface area contributed by atoms with Crippen molar-refractivity contribution in [2.24, 2.45) is 10.9 Å². The van der Waals surface area contributed by atoms with Crippen molar-refractivity contribution in [1.82, 2.24) is 15.2 Å². The first-order valence-electron chi connectivity index (χ1n) is 7.42. The molecule has 1 N–H and O–H groups in total. The van der Waals surface area contributed by atoms with E-state index in [2.05, 4.69) is 20.2 Å². The number of aromatic nitrogens is 3. The number of H-pyrrole nitrogens is 1. The molecule has 1 aromatic heterocycles. The molecule has 1 aliphatic rings. The van der Waals surface area contributed by atoms with Gasteiger partial charge in [0.1, 0.15) is 12.2 Å². The summed E-state index contributed by atoms with van der Waals surface area (Å²) in [5.74, 6) is -1.18. The molecule has 1 heterocycles. The fourth-order valence-electron chi connectivity index (χ4n) is 2.86. The van der Waals surface area contributed by atoms with E-state index in [1.165, 1.54) is 6.33 Å². The number of nitrogens with zero attached hydrogens (tertiary/aromatic N) is 3. The van der Waals surface area contributed by atoms with Gasteiger partial charge < -0.3 is 0 Å². The predicted molar refractivity (Wildman–Crippen MR) is 87.6 cm³/mol. The molecule has 0 amide bonds. The molecule has 0 spiro atoms. The molecule has 1 aliphatic carbocycles. The van der Waals surface area contributed by atoms with Crippen LogP contribution in [-0.4, -0.2) is 32.5 Å². The number of carbonyl (C=O) groups is 2. The maximum Gasteiger partial charge on any atom is 0.245 e. The summed E-state index contributed by atoms with van der Waals surface area (Å²) in [6.45, 7) is 0. The molecule has 6 nitrogen and oxygen atoms in total. The van der Waals surface area contributed by atoms with Gasteiger partial charge in [-0.2, -0.15) is 10.1 Å². The van der Waals surface area contributed by atoms with E-state index in [4.69, 9.17) is 0 Å². The molecule has 0 atom stereocenters. The molecule has 3 aromatic rings. The van der Waals surface area contributed by atoms with Crippen LogP contribution in [0.25, 0.3) is 0 Å². The van der Waals surface area contributed by atoms with Crippen LogP contribution in [0.5, 0.6) is 0 Å². The monoisotopic (exact) mass is 316 g/mol. The fraction of sp³-hybridized carbons (Fsp3) is 0.0556. The van der Waals surface area contributed by atoms with Gasteiger partial charge in [0.2, 0.25) is 5.95 Å². The van der Waals surface area contributed by atoms with E-state index in [1.807, 2.05) is 30.3 Å². The molecule has 0 aliphatic heterocycles. The molecular weight excluding hydrogens is 304 g/mol. The van der Waals surface area contributed by atoms with Gasteiger partial charge in [0.15, 0.2) is 11.6 Å². The summed E-state index contributed by atoms with van der Waals surface area (Å²) in [7, 11) is 0. The molecule has 6 heteroatoms. The van der Waals surface area contributed by atoms with Gasteiger partial charge in [-0.15, -0.1) is 0 Å². The smallest absolute Gasteiger partial charge is 0.245 e. The fourth-order valence-corrected chi connectivity index (χ4v) is 2.86. The van der Waals surface area contributed by atoms with Crippen LogP contribution in [0.4, 0.5) is 5.95 Å². The summed E-state index contributed by atoms with van der Waals surface area (Å²) in [6, 6.07) is 16.0. The third-order valence-electron chi connectivity index (χ3n) is 3.95. The first-order chi connectivity index (χ1) is 11.8. The summed E-state index contributed by atoms with van der Waals surface area (Å²) in [4.78, 5) is 34.0. The number of aliphatic imine (C=N–C) groups is 1. The van der Waals surface area contributed by atoms with Gasteiger partial charge >= 0.3 is 0 Å². The van der Waals surface area contributed by atoms with Crippen molar-refractivity contribution < 1.29 is 9.59 Å². The summed E-state index contributed by atoms with van der Waals surface area (Å²) in [5.41, 5.74) is 1.95. The van der Waals surface area contributed by atoms with Crippen molar-refractivity contribution in [2.75, 3.05) is 0 Å².